The van der Waals surface area contributed by atoms with Crippen LogP contribution in [-0.4, -0.2) is 52.1 Å². The van der Waals surface area contributed by atoms with Crippen molar-refractivity contribution in [2.75, 3.05) is 31.1 Å². The molecule has 2 N–H and O–H groups in total. The number of hydrogen-bond acceptors (Lipinski definition) is 8. The molecule has 2 aromatic heterocycles. The van der Waals surface area contributed by atoms with Gasteiger partial charge >= 0.3 is 0 Å². The second kappa shape index (κ2) is 7.08. The fourth-order valence-corrected chi connectivity index (χ4v) is 3.05. The second-order valence-electron chi connectivity index (χ2n) is 6.25. The van der Waals surface area contributed by atoms with Crippen molar-refractivity contribution in [2.24, 2.45) is 5.73 Å². The van der Waals surface area contributed by atoms with Crippen LogP contribution in [0.5, 0.6) is 0 Å². The van der Waals surface area contributed by atoms with E-state index >= 15 is 0 Å². The van der Waals surface area contributed by atoms with Crippen molar-refractivity contribution in [1.82, 2.24) is 15.0 Å². The molecule has 3 rings (SSSR count). The van der Waals surface area contributed by atoms with E-state index in [9.17, 15) is 14.9 Å². The van der Waals surface area contributed by atoms with Crippen molar-refractivity contribution < 1.29 is 14.2 Å². The number of primary amides is 1. The first-order valence-electron chi connectivity index (χ1n) is 8.20. The number of nitrogens with zero attached hydrogens (tertiary/aromatic N) is 5. The summed E-state index contributed by atoms with van der Waals surface area (Å²) < 4.78 is 5.20. The molecule has 138 valence electrons. The number of carbonyl (C=O) groups is 1. The first-order valence-corrected chi connectivity index (χ1v) is 8.20. The van der Waals surface area contributed by atoms with Crippen molar-refractivity contribution in [1.29, 1.82) is 0 Å². The highest BCUT2D eigenvalue weighted by Crippen LogP contribution is 2.24. The Kier molecular flexibility index (Phi) is 4.85. The van der Waals surface area contributed by atoms with Crippen LogP contribution in [0.3, 0.4) is 0 Å². The highest BCUT2D eigenvalue weighted by atomic mass is 16.6. The van der Waals surface area contributed by atoms with E-state index in [1.54, 1.807) is 0 Å². The lowest BCUT2D eigenvalue weighted by molar-refractivity contribution is -0.385. The summed E-state index contributed by atoms with van der Waals surface area (Å²) in [5.74, 6) is 0.479. The molecule has 1 fully saturated rings. The second-order valence-corrected chi connectivity index (χ2v) is 6.25. The molecule has 0 unspecified atom stereocenters. The molecule has 0 bridgehead atoms. The van der Waals surface area contributed by atoms with E-state index in [0.717, 1.165) is 42.8 Å². The Labute approximate surface area is 149 Å². The number of aromatic nitrogens is 2. The summed E-state index contributed by atoms with van der Waals surface area (Å²) in [5.41, 5.74) is 7.18. The minimum Gasteiger partial charge on any atom is -0.365 e. The molecule has 0 atom stereocenters. The number of pyridine rings is 1. The highest BCUT2D eigenvalue weighted by molar-refractivity contribution is 5.98. The Balaban J connectivity index is 1.72. The fourth-order valence-electron chi connectivity index (χ4n) is 3.05. The summed E-state index contributed by atoms with van der Waals surface area (Å²) in [7, 11) is 0. The van der Waals surface area contributed by atoms with Gasteiger partial charge in [-0.1, -0.05) is 5.16 Å². The Morgan fingerprint density at radius 3 is 2.58 bits per heavy atom. The molecular weight excluding hydrogens is 340 g/mol. The average Bonchev–Trinajstić information content (AvgIpc) is 2.93. The van der Waals surface area contributed by atoms with Gasteiger partial charge in [-0.15, -0.1) is 0 Å². The standard InChI is InChI=1S/C16H20N6O4/c1-10-14(11(2)26-19-10)9-20-3-5-21(6-4-20)16-13(15(17)23)7-12(8-18-16)22(24)25/h7-8H,3-6,9H2,1-2H3,(H2,17,23). The molecule has 0 radical (unpaired) electrons. The summed E-state index contributed by atoms with van der Waals surface area (Å²) in [6.07, 6.45) is 1.15. The lowest BCUT2D eigenvalue weighted by Crippen LogP contribution is -2.47. The molecule has 1 aliphatic heterocycles. The molecule has 2 aromatic rings. The number of carbonyl (C=O) groups excluding carboxylic acids is 1. The topological polar surface area (TPSA) is 132 Å². The zero-order chi connectivity index (χ0) is 18.8. The van der Waals surface area contributed by atoms with Gasteiger partial charge < -0.3 is 15.2 Å². The number of hydrogen-bond donors (Lipinski definition) is 1. The maximum Gasteiger partial charge on any atom is 0.288 e. The maximum atomic E-state index is 11.7. The fraction of sp³-hybridized carbons (Fsp3) is 0.438. The van der Waals surface area contributed by atoms with E-state index in [-0.39, 0.29) is 11.3 Å². The number of rotatable bonds is 5. The highest BCUT2D eigenvalue weighted by Gasteiger charge is 2.25. The predicted molar refractivity (Wildman–Crippen MR) is 92.9 cm³/mol. The molecule has 0 spiro atoms. The van der Waals surface area contributed by atoms with E-state index in [4.69, 9.17) is 10.3 Å². The van der Waals surface area contributed by atoms with Crippen molar-refractivity contribution >= 4 is 17.4 Å². The predicted octanol–water partition coefficient (Wildman–Crippen LogP) is 1.02. The third kappa shape index (κ3) is 3.49. The van der Waals surface area contributed by atoms with E-state index in [0.29, 0.717) is 18.9 Å². The van der Waals surface area contributed by atoms with Gasteiger partial charge in [0.25, 0.3) is 11.6 Å². The molecular formula is C16H20N6O4. The van der Waals surface area contributed by atoms with Gasteiger partial charge in [-0.25, -0.2) is 4.98 Å². The normalized spacial score (nSPS) is 15.2. The van der Waals surface area contributed by atoms with Crippen LogP contribution in [0.1, 0.15) is 27.4 Å². The van der Waals surface area contributed by atoms with Crippen LogP contribution in [-0.2, 0) is 6.54 Å². The number of nitrogens with two attached hydrogens (primary N) is 1. The van der Waals surface area contributed by atoms with Crippen molar-refractivity contribution in [3.8, 4) is 0 Å². The van der Waals surface area contributed by atoms with Crippen LogP contribution in [0.2, 0.25) is 0 Å². The van der Waals surface area contributed by atoms with Gasteiger partial charge in [0.2, 0.25) is 0 Å². The Bertz CT molecular complexity index is 822. The molecule has 3 heterocycles. The van der Waals surface area contributed by atoms with Crippen molar-refractivity contribution in [3.63, 3.8) is 0 Å². The number of anilines is 1. The number of piperazine rings is 1. The van der Waals surface area contributed by atoms with Crippen LogP contribution < -0.4 is 10.6 Å². The van der Waals surface area contributed by atoms with Crippen molar-refractivity contribution in [2.45, 2.75) is 20.4 Å². The van der Waals surface area contributed by atoms with Gasteiger partial charge in [0.1, 0.15) is 17.8 Å². The monoisotopic (exact) mass is 360 g/mol. The summed E-state index contributed by atoms with van der Waals surface area (Å²) in [4.78, 5) is 30.3. The first-order chi connectivity index (χ1) is 12.4. The molecule has 0 aromatic carbocycles. The van der Waals surface area contributed by atoms with Crippen LogP contribution in [0, 0.1) is 24.0 Å². The van der Waals surface area contributed by atoms with Crippen molar-refractivity contribution in [3.05, 3.63) is 45.0 Å². The largest absolute Gasteiger partial charge is 0.365 e. The van der Waals surface area contributed by atoms with Crippen LogP contribution >= 0.6 is 0 Å². The maximum absolute atomic E-state index is 11.7. The molecule has 10 nitrogen and oxygen atoms in total. The third-order valence-corrected chi connectivity index (χ3v) is 4.56. The molecule has 0 aliphatic carbocycles. The van der Waals surface area contributed by atoms with Crippen LogP contribution in [0.15, 0.2) is 16.8 Å². The Morgan fingerprint density at radius 2 is 2.04 bits per heavy atom. The Hall–Kier alpha value is -3.01. The van der Waals surface area contributed by atoms with Crippen LogP contribution in [0.25, 0.3) is 0 Å². The summed E-state index contributed by atoms with van der Waals surface area (Å²) in [6.45, 7) is 7.32. The molecule has 10 heteroatoms. The quantitative estimate of drug-likeness (QED) is 0.617. The minimum atomic E-state index is -0.727. The Morgan fingerprint density at radius 1 is 1.35 bits per heavy atom. The molecule has 1 saturated heterocycles. The zero-order valence-electron chi connectivity index (χ0n) is 14.6. The number of nitro groups is 1. The lowest BCUT2D eigenvalue weighted by atomic mass is 10.1. The van der Waals surface area contributed by atoms with E-state index in [1.165, 1.54) is 6.07 Å². The molecule has 1 amide bonds. The minimum absolute atomic E-state index is 0.0679. The zero-order valence-corrected chi connectivity index (χ0v) is 14.6. The average molecular weight is 360 g/mol. The summed E-state index contributed by atoms with van der Waals surface area (Å²) in [5, 5.41) is 14.9. The molecule has 26 heavy (non-hydrogen) atoms. The number of amides is 1. The third-order valence-electron chi connectivity index (χ3n) is 4.56. The van der Waals surface area contributed by atoms with E-state index in [2.05, 4.69) is 15.0 Å². The van der Waals surface area contributed by atoms with E-state index < -0.39 is 10.8 Å². The van der Waals surface area contributed by atoms with Gasteiger partial charge in [0.15, 0.2) is 0 Å². The molecule has 0 saturated carbocycles. The summed E-state index contributed by atoms with van der Waals surface area (Å²) in [6, 6.07) is 1.18. The molecule has 1 aliphatic rings. The van der Waals surface area contributed by atoms with Crippen LogP contribution in [0.4, 0.5) is 11.5 Å². The van der Waals surface area contributed by atoms with Gasteiger partial charge in [-0.2, -0.15) is 0 Å². The van der Waals surface area contributed by atoms with Gasteiger partial charge in [0.05, 0.1) is 16.2 Å². The van der Waals surface area contributed by atoms with E-state index in [1.807, 2.05) is 18.7 Å². The summed E-state index contributed by atoms with van der Waals surface area (Å²) >= 11 is 0. The first kappa shape index (κ1) is 17.8. The van der Waals surface area contributed by atoms with Gasteiger partial charge in [0, 0.05) is 44.4 Å². The van der Waals surface area contributed by atoms with Gasteiger partial charge in [-0.3, -0.25) is 19.8 Å². The number of aryl methyl sites for hydroxylation is 2. The SMILES string of the molecule is Cc1noc(C)c1CN1CCN(c2ncc([N+](=O)[O-])cc2C(N)=O)CC1. The smallest absolute Gasteiger partial charge is 0.288 e. The lowest BCUT2D eigenvalue weighted by Gasteiger charge is -2.35. The van der Waals surface area contributed by atoms with Gasteiger partial charge in [-0.05, 0) is 13.8 Å².